The fourth-order valence-corrected chi connectivity index (χ4v) is 3.16. The molecule has 1 amide bonds. The molecule has 2 heterocycles. The van der Waals surface area contributed by atoms with Crippen molar-refractivity contribution in [2.45, 2.75) is 56.7 Å². The number of nitrogens with one attached hydrogen (secondary N) is 2. The molecular formula is C13H23N3O. The van der Waals surface area contributed by atoms with Crippen LogP contribution in [0.15, 0.2) is 0 Å². The van der Waals surface area contributed by atoms with Crippen LogP contribution >= 0.6 is 0 Å². The first-order valence-electron chi connectivity index (χ1n) is 7.08. The summed E-state index contributed by atoms with van der Waals surface area (Å²) in [7, 11) is 0. The first kappa shape index (κ1) is 11.5. The maximum absolute atomic E-state index is 11.7. The summed E-state index contributed by atoms with van der Waals surface area (Å²) in [6.07, 6.45) is 7.45. The molecule has 4 nitrogen and oxygen atoms in total. The van der Waals surface area contributed by atoms with Crippen LogP contribution < -0.4 is 10.6 Å². The average molecular weight is 237 g/mol. The molecule has 2 N–H and O–H groups in total. The molecule has 3 aliphatic rings. The zero-order chi connectivity index (χ0) is 11.7. The summed E-state index contributed by atoms with van der Waals surface area (Å²) >= 11 is 0. The predicted octanol–water partition coefficient (Wildman–Crippen LogP) is 0.481. The minimum atomic E-state index is 0.188. The molecule has 0 aromatic carbocycles. The smallest absolute Gasteiger partial charge is 0.234 e. The van der Waals surface area contributed by atoms with Gasteiger partial charge in [-0.15, -0.1) is 0 Å². The van der Waals surface area contributed by atoms with E-state index >= 15 is 0 Å². The zero-order valence-corrected chi connectivity index (χ0v) is 10.5. The molecule has 0 aromatic rings. The number of carbonyl (C=O) groups is 1. The normalized spacial score (nSPS) is 33.4. The third kappa shape index (κ3) is 2.99. The molecule has 3 fully saturated rings. The summed E-state index contributed by atoms with van der Waals surface area (Å²) in [6, 6.07) is 1.78. The van der Waals surface area contributed by atoms with Crippen molar-refractivity contribution in [1.82, 2.24) is 15.5 Å². The zero-order valence-electron chi connectivity index (χ0n) is 10.5. The summed E-state index contributed by atoms with van der Waals surface area (Å²) in [5, 5.41) is 6.46. The quantitative estimate of drug-likeness (QED) is 0.747. The lowest BCUT2D eigenvalue weighted by molar-refractivity contribution is -0.121. The van der Waals surface area contributed by atoms with E-state index in [-0.39, 0.29) is 5.91 Å². The molecule has 2 saturated heterocycles. The Bertz CT molecular complexity index is 290. The minimum absolute atomic E-state index is 0.188. The molecule has 1 aliphatic carbocycles. The number of amides is 1. The number of hydrogen-bond acceptors (Lipinski definition) is 3. The van der Waals surface area contributed by atoms with E-state index in [4.69, 9.17) is 0 Å². The van der Waals surface area contributed by atoms with Crippen LogP contribution in [0.25, 0.3) is 0 Å². The van der Waals surface area contributed by atoms with Gasteiger partial charge < -0.3 is 15.5 Å². The summed E-state index contributed by atoms with van der Waals surface area (Å²) in [5.41, 5.74) is 0. The molecule has 96 valence electrons. The van der Waals surface area contributed by atoms with Crippen LogP contribution in [0.4, 0.5) is 0 Å². The minimum Gasteiger partial charge on any atom is -0.352 e. The Hall–Kier alpha value is -0.610. The van der Waals surface area contributed by atoms with Gasteiger partial charge in [0.2, 0.25) is 5.91 Å². The van der Waals surface area contributed by atoms with Gasteiger partial charge in [0.15, 0.2) is 0 Å². The maximum atomic E-state index is 11.7. The molecule has 3 rings (SSSR count). The van der Waals surface area contributed by atoms with E-state index in [1.165, 1.54) is 38.8 Å². The number of carbonyl (C=O) groups excluding carboxylic acids is 1. The highest BCUT2D eigenvalue weighted by Crippen LogP contribution is 2.26. The largest absolute Gasteiger partial charge is 0.352 e. The van der Waals surface area contributed by atoms with Crippen molar-refractivity contribution in [2.24, 2.45) is 0 Å². The Morgan fingerprint density at radius 2 is 2.00 bits per heavy atom. The molecule has 4 heteroatoms. The number of hydrogen-bond donors (Lipinski definition) is 2. The van der Waals surface area contributed by atoms with E-state index < -0.39 is 0 Å². The average Bonchev–Trinajstić information content (AvgIpc) is 3.04. The summed E-state index contributed by atoms with van der Waals surface area (Å²) in [5.74, 6) is 0.188. The van der Waals surface area contributed by atoms with Gasteiger partial charge in [-0.1, -0.05) is 0 Å². The standard InChI is InChI=1S/C13H23N3O/c17-13(9-14-10-3-4-10)15-11-5-7-16-6-1-2-12(16)8-11/h10-12,14H,1-9H2,(H,15,17). The van der Waals surface area contributed by atoms with Crippen molar-refractivity contribution < 1.29 is 4.79 Å². The topological polar surface area (TPSA) is 44.4 Å². The van der Waals surface area contributed by atoms with Crippen molar-refractivity contribution in [3.63, 3.8) is 0 Å². The third-order valence-corrected chi connectivity index (χ3v) is 4.31. The SMILES string of the molecule is O=C(CNC1CC1)NC1CCN2CCCC2C1. The molecule has 0 bridgehead atoms. The van der Waals surface area contributed by atoms with Gasteiger partial charge in [0.1, 0.15) is 0 Å². The summed E-state index contributed by atoms with van der Waals surface area (Å²) in [6.45, 7) is 2.95. The van der Waals surface area contributed by atoms with E-state index in [1.54, 1.807) is 0 Å². The van der Waals surface area contributed by atoms with Crippen molar-refractivity contribution >= 4 is 5.91 Å². The lowest BCUT2D eigenvalue weighted by atomic mass is 9.97. The van der Waals surface area contributed by atoms with Crippen molar-refractivity contribution in [1.29, 1.82) is 0 Å². The van der Waals surface area contributed by atoms with Crippen molar-refractivity contribution in [2.75, 3.05) is 19.6 Å². The van der Waals surface area contributed by atoms with Gasteiger partial charge >= 0.3 is 0 Å². The van der Waals surface area contributed by atoms with Crippen LogP contribution in [-0.2, 0) is 4.79 Å². The van der Waals surface area contributed by atoms with Crippen LogP contribution in [-0.4, -0.2) is 48.6 Å². The van der Waals surface area contributed by atoms with E-state index in [1.807, 2.05) is 0 Å². The molecule has 2 unspecified atom stereocenters. The van der Waals surface area contributed by atoms with Crippen LogP contribution in [0.1, 0.15) is 38.5 Å². The highest BCUT2D eigenvalue weighted by molar-refractivity contribution is 5.78. The van der Waals surface area contributed by atoms with E-state index in [2.05, 4.69) is 15.5 Å². The lowest BCUT2D eigenvalue weighted by Crippen LogP contribution is -2.49. The van der Waals surface area contributed by atoms with Gasteiger partial charge in [-0.05, 0) is 45.1 Å². The van der Waals surface area contributed by atoms with Crippen molar-refractivity contribution in [3.05, 3.63) is 0 Å². The molecule has 0 spiro atoms. The highest BCUT2D eigenvalue weighted by Gasteiger charge is 2.32. The predicted molar refractivity (Wildman–Crippen MR) is 66.8 cm³/mol. The second-order valence-corrected chi connectivity index (χ2v) is 5.78. The Morgan fingerprint density at radius 1 is 1.12 bits per heavy atom. The van der Waals surface area contributed by atoms with Gasteiger partial charge in [-0.2, -0.15) is 0 Å². The molecular weight excluding hydrogens is 214 g/mol. The first-order valence-corrected chi connectivity index (χ1v) is 7.08. The summed E-state index contributed by atoms with van der Waals surface area (Å²) < 4.78 is 0. The van der Waals surface area contributed by atoms with E-state index in [0.29, 0.717) is 18.6 Å². The molecule has 2 atom stereocenters. The van der Waals surface area contributed by atoms with Crippen molar-refractivity contribution in [3.8, 4) is 0 Å². The van der Waals surface area contributed by atoms with Gasteiger partial charge in [0, 0.05) is 24.7 Å². The molecule has 0 aromatic heterocycles. The van der Waals surface area contributed by atoms with Gasteiger partial charge in [-0.25, -0.2) is 0 Å². The Labute approximate surface area is 103 Å². The third-order valence-electron chi connectivity index (χ3n) is 4.31. The molecule has 1 saturated carbocycles. The highest BCUT2D eigenvalue weighted by atomic mass is 16.2. The second-order valence-electron chi connectivity index (χ2n) is 5.78. The van der Waals surface area contributed by atoms with E-state index in [0.717, 1.165) is 18.9 Å². The van der Waals surface area contributed by atoms with Crippen LogP contribution in [0.5, 0.6) is 0 Å². The maximum Gasteiger partial charge on any atom is 0.234 e. The van der Waals surface area contributed by atoms with E-state index in [9.17, 15) is 4.79 Å². The van der Waals surface area contributed by atoms with Crippen LogP contribution in [0.3, 0.4) is 0 Å². The summed E-state index contributed by atoms with van der Waals surface area (Å²) in [4.78, 5) is 14.3. The fraction of sp³-hybridized carbons (Fsp3) is 0.923. The number of rotatable bonds is 4. The van der Waals surface area contributed by atoms with Gasteiger partial charge in [-0.3, -0.25) is 4.79 Å². The second kappa shape index (κ2) is 4.94. The van der Waals surface area contributed by atoms with Crippen LogP contribution in [0, 0.1) is 0 Å². The van der Waals surface area contributed by atoms with Gasteiger partial charge in [0.05, 0.1) is 6.54 Å². The van der Waals surface area contributed by atoms with Crippen LogP contribution in [0.2, 0.25) is 0 Å². The Balaban J connectivity index is 1.40. The Morgan fingerprint density at radius 3 is 2.82 bits per heavy atom. The monoisotopic (exact) mass is 237 g/mol. The molecule has 0 radical (unpaired) electrons. The van der Waals surface area contributed by atoms with Gasteiger partial charge in [0.25, 0.3) is 0 Å². The number of fused-ring (bicyclic) bond motifs is 1. The fourth-order valence-electron chi connectivity index (χ4n) is 3.16. The molecule has 2 aliphatic heterocycles. The first-order chi connectivity index (χ1) is 8.31. The molecule has 17 heavy (non-hydrogen) atoms. The number of piperidine rings is 1. The number of nitrogens with zero attached hydrogens (tertiary/aromatic N) is 1. The lowest BCUT2D eigenvalue weighted by Gasteiger charge is -2.35. The Kier molecular flexibility index (Phi) is 3.34.